The maximum Gasteiger partial charge on any atom is 0.0464 e. The number of aryl methyl sites for hydroxylation is 2. The fourth-order valence-corrected chi connectivity index (χ4v) is 2.35. The summed E-state index contributed by atoms with van der Waals surface area (Å²) >= 11 is 0. The Morgan fingerprint density at radius 1 is 0.684 bits per heavy atom. The molecule has 3 aromatic carbocycles. The lowest BCUT2D eigenvalue weighted by Gasteiger charge is -2.11. The first kappa shape index (κ1) is 11.8. The van der Waals surface area contributed by atoms with Gasteiger partial charge in [0.05, 0.1) is 0 Å². The molecule has 0 aliphatic carbocycles. The van der Waals surface area contributed by atoms with Crippen molar-refractivity contribution in [2.24, 2.45) is 0 Å². The number of fused-ring (bicyclic) bond motifs is 1. The molecule has 94 valence electrons. The van der Waals surface area contributed by atoms with Crippen molar-refractivity contribution in [3.63, 3.8) is 0 Å². The van der Waals surface area contributed by atoms with E-state index in [1.54, 1.807) is 0 Å². The third kappa shape index (κ3) is 2.32. The second kappa shape index (κ2) is 4.77. The minimum atomic E-state index is 1.12. The van der Waals surface area contributed by atoms with E-state index in [-0.39, 0.29) is 0 Å². The van der Waals surface area contributed by atoms with Crippen LogP contribution in [0.1, 0.15) is 11.1 Å². The van der Waals surface area contributed by atoms with Crippen molar-refractivity contribution in [3.05, 3.63) is 71.8 Å². The Labute approximate surface area is 113 Å². The minimum Gasteiger partial charge on any atom is -0.355 e. The summed E-state index contributed by atoms with van der Waals surface area (Å²) in [5.74, 6) is 0. The van der Waals surface area contributed by atoms with Gasteiger partial charge in [-0.1, -0.05) is 48.0 Å². The molecule has 3 rings (SSSR count). The summed E-state index contributed by atoms with van der Waals surface area (Å²) in [4.78, 5) is 0. The van der Waals surface area contributed by atoms with Crippen molar-refractivity contribution in [1.82, 2.24) is 0 Å². The highest BCUT2D eigenvalue weighted by atomic mass is 14.9. The van der Waals surface area contributed by atoms with Crippen LogP contribution >= 0.6 is 0 Å². The van der Waals surface area contributed by atoms with Gasteiger partial charge in [-0.05, 0) is 43.0 Å². The minimum absolute atomic E-state index is 1.12. The van der Waals surface area contributed by atoms with Crippen molar-refractivity contribution >= 4 is 22.1 Å². The Bertz CT molecular complexity index is 711. The van der Waals surface area contributed by atoms with E-state index in [0.717, 1.165) is 11.4 Å². The first-order valence-electron chi connectivity index (χ1n) is 6.56. The molecule has 0 aliphatic heterocycles. The van der Waals surface area contributed by atoms with Gasteiger partial charge in [-0.2, -0.15) is 0 Å². The van der Waals surface area contributed by atoms with E-state index in [4.69, 9.17) is 0 Å². The van der Waals surface area contributed by atoms with Crippen LogP contribution < -0.4 is 5.32 Å². The van der Waals surface area contributed by atoms with Gasteiger partial charge in [0.1, 0.15) is 0 Å². The molecular weight excluding hydrogens is 230 g/mol. The maximum atomic E-state index is 3.50. The topological polar surface area (TPSA) is 12.0 Å². The molecule has 0 atom stereocenters. The fourth-order valence-electron chi connectivity index (χ4n) is 2.35. The molecule has 0 fully saturated rings. The smallest absolute Gasteiger partial charge is 0.0464 e. The summed E-state index contributed by atoms with van der Waals surface area (Å²) in [6.45, 7) is 4.25. The zero-order chi connectivity index (χ0) is 13.2. The van der Waals surface area contributed by atoms with Crippen molar-refractivity contribution < 1.29 is 0 Å². The van der Waals surface area contributed by atoms with E-state index >= 15 is 0 Å². The van der Waals surface area contributed by atoms with Gasteiger partial charge in [-0.15, -0.1) is 0 Å². The van der Waals surface area contributed by atoms with E-state index in [9.17, 15) is 0 Å². The van der Waals surface area contributed by atoms with Crippen LogP contribution in [0.3, 0.4) is 0 Å². The number of rotatable bonds is 2. The zero-order valence-electron chi connectivity index (χ0n) is 11.3. The molecule has 0 saturated heterocycles. The van der Waals surface area contributed by atoms with Crippen molar-refractivity contribution in [3.8, 4) is 0 Å². The molecule has 0 amide bonds. The van der Waals surface area contributed by atoms with E-state index < -0.39 is 0 Å². The third-order valence-corrected chi connectivity index (χ3v) is 3.47. The van der Waals surface area contributed by atoms with Gasteiger partial charge in [-0.3, -0.25) is 0 Å². The second-order valence-corrected chi connectivity index (χ2v) is 4.97. The molecule has 0 bridgehead atoms. The summed E-state index contributed by atoms with van der Waals surface area (Å²) in [6, 6.07) is 21.3. The summed E-state index contributed by atoms with van der Waals surface area (Å²) in [5, 5.41) is 6.07. The predicted octanol–water partition coefficient (Wildman–Crippen LogP) is 5.20. The molecule has 0 saturated carbocycles. The highest BCUT2D eigenvalue weighted by Crippen LogP contribution is 2.28. The first-order valence-corrected chi connectivity index (χ1v) is 6.56. The Morgan fingerprint density at radius 3 is 2.11 bits per heavy atom. The molecule has 0 heterocycles. The molecule has 0 aromatic heterocycles. The molecule has 19 heavy (non-hydrogen) atoms. The molecule has 0 unspecified atom stereocenters. The lowest BCUT2D eigenvalue weighted by molar-refractivity contribution is 1.45. The Kier molecular flexibility index (Phi) is 2.96. The molecule has 0 radical (unpaired) electrons. The fraction of sp³-hybridized carbons (Fsp3) is 0.111. The summed E-state index contributed by atoms with van der Waals surface area (Å²) in [6.07, 6.45) is 0. The van der Waals surface area contributed by atoms with Crippen LogP contribution in [0.5, 0.6) is 0 Å². The van der Waals surface area contributed by atoms with Crippen molar-refractivity contribution in [2.45, 2.75) is 13.8 Å². The summed E-state index contributed by atoms with van der Waals surface area (Å²) < 4.78 is 0. The average Bonchev–Trinajstić information content (AvgIpc) is 2.45. The third-order valence-electron chi connectivity index (χ3n) is 3.47. The van der Waals surface area contributed by atoms with Gasteiger partial charge in [-0.25, -0.2) is 0 Å². The monoisotopic (exact) mass is 247 g/mol. The molecule has 0 aliphatic rings. The van der Waals surface area contributed by atoms with Gasteiger partial charge in [0.2, 0.25) is 0 Å². The van der Waals surface area contributed by atoms with Crippen LogP contribution in [-0.4, -0.2) is 0 Å². The predicted molar refractivity (Wildman–Crippen MR) is 83.1 cm³/mol. The standard InChI is InChI=1S/C18H17N/c1-13-7-10-15(11-8-13)19-18-12-9-14(2)16-5-3-4-6-17(16)18/h3-12,19H,1-2H3. The van der Waals surface area contributed by atoms with E-state index in [0.29, 0.717) is 0 Å². The number of anilines is 2. The van der Waals surface area contributed by atoms with Crippen molar-refractivity contribution in [2.75, 3.05) is 5.32 Å². The van der Waals surface area contributed by atoms with Crippen LogP contribution in [0, 0.1) is 13.8 Å². The van der Waals surface area contributed by atoms with Gasteiger partial charge in [0, 0.05) is 16.8 Å². The SMILES string of the molecule is Cc1ccc(Nc2ccc(C)c3ccccc23)cc1. The normalized spacial score (nSPS) is 10.6. The molecular formula is C18H17N. The molecule has 0 spiro atoms. The lowest BCUT2D eigenvalue weighted by Crippen LogP contribution is -1.92. The molecule has 1 nitrogen and oxygen atoms in total. The van der Waals surface area contributed by atoms with Crippen LogP contribution in [0.25, 0.3) is 10.8 Å². The average molecular weight is 247 g/mol. The quantitative estimate of drug-likeness (QED) is 0.656. The van der Waals surface area contributed by atoms with E-state index in [1.807, 2.05) is 0 Å². The number of hydrogen-bond donors (Lipinski definition) is 1. The van der Waals surface area contributed by atoms with Crippen LogP contribution in [-0.2, 0) is 0 Å². The summed E-state index contributed by atoms with van der Waals surface area (Å²) in [5.41, 5.74) is 4.87. The van der Waals surface area contributed by atoms with Crippen molar-refractivity contribution in [1.29, 1.82) is 0 Å². The Morgan fingerprint density at radius 2 is 1.37 bits per heavy atom. The van der Waals surface area contributed by atoms with Gasteiger partial charge in [0.15, 0.2) is 0 Å². The highest BCUT2D eigenvalue weighted by Gasteiger charge is 2.03. The van der Waals surface area contributed by atoms with E-state index in [1.165, 1.54) is 21.9 Å². The van der Waals surface area contributed by atoms with Crippen LogP contribution in [0.2, 0.25) is 0 Å². The lowest BCUT2D eigenvalue weighted by atomic mass is 10.0. The maximum absolute atomic E-state index is 3.50. The van der Waals surface area contributed by atoms with Gasteiger partial charge in [0.25, 0.3) is 0 Å². The number of hydrogen-bond acceptors (Lipinski definition) is 1. The molecule has 1 N–H and O–H groups in total. The van der Waals surface area contributed by atoms with Gasteiger partial charge >= 0.3 is 0 Å². The number of benzene rings is 3. The largest absolute Gasteiger partial charge is 0.355 e. The summed E-state index contributed by atoms with van der Waals surface area (Å²) in [7, 11) is 0. The Balaban J connectivity index is 2.06. The highest BCUT2D eigenvalue weighted by molar-refractivity contribution is 5.97. The van der Waals surface area contributed by atoms with E-state index in [2.05, 4.69) is 79.8 Å². The number of nitrogens with one attached hydrogen (secondary N) is 1. The Hall–Kier alpha value is -2.28. The van der Waals surface area contributed by atoms with Crippen LogP contribution in [0.4, 0.5) is 11.4 Å². The molecule has 1 heteroatoms. The molecule has 3 aromatic rings. The van der Waals surface area contributed by atoms with Crippen LogP contribution in [0.15, 0.2) is 60.7 Å². The zero-order valence-corrected chi connectivity index (χ0v) is 11.3. The first-order chi connectivity index (χ1) is 9.24. The second-order valence-electron chi connectivity index (χ2n) is 4.97. The van der Waals surface area contributed by atoms with Gasteiger partial charge < -0.3 is 5.32 Å².